The first-order valence-corrected chi connectivity index (χ1v) is 12.9. The number of nitrogens with zero attached hydrogens (tertiary/aromatic N) is 2. The van der Waals surface area contributed by atoms with Crippen molar-refractivity contribution in [3.8, 4) is 17.0 Å². The molecule has 0 radical (unpaired) electrons. The van der Waals surface area contributed by atoms with Crippen LogP contribution in [0.2, 0.25) is 0 Å². The van der Waals surface area contributed by atoms with E-state index in [1.807, 2.05) is 24.3 Å². The van der Waals surface area contributed by atoms with Crippen LogP contribution < -0.4 is 10.1 Å². The van der Waals surface area contributed by atoms with E-state index in [1.165, 1.54) is 22.9 Å². The molecule has 2 aliphatic heterocycles. The Hall–Kier alpha value is -2.78. The third kappa shape index (κ3) is 5.41. The van der Waals surface area contributed by atoms with E-state index < -0.39 is 0 Å². The van der Waals surface area contributed by atoms with Gasteiger partial charge < -0.3 is 14.8 Å². The van der Waals surface area contributed by atoms with Crippen molar-refractivity contribution in [2.45, 2.75) is 13.3 Å². The van der Waals surface area contributed by atoms with Gasteiger partial charge in [-0.1, -0.05) is 42.2 Å². The zero-order valence-electron chi connectivity index (χ0n) is 19.8. The van der Waals surface area contributed by atoms with Crippen molar-refractivity contribution in [1.82, 2.24) is 15.2 Å². The van der Waals surface area contributed by atoms with Crippen molar-refractivity contribution in [1.29, 1.82) is 0 Å². The second kappa shape index (κ2) is 10.5. The molecular formula is C27H27N3O3S2. The standard InChI is InChI=1S/C27H27N3O3S2/c1-17-3-5-19-16-20(7-8-30-9-11-33-12-10-30)25(28-22(19)13-17)21-14-18(4-6-23(21)32-2)15-24-26(31)29-27(34)35-24/h3-6,13-16H,7-12H2,1-2H3,(H,29,31,34)/b24-15-. The molecule has 0 bridgehead atoms. The van der Waals surface area contributed by atoms with Gasteiger partial charge in [-0.15, -0.1) is 0 Å². The van der Waals surface area contributed by atoms with E-state index in [0.717, 1.165) is 72.7 Å². The molecule has 0 unspecified atom stereocenters. The number of hydrogen-bond donors (Lipinski definition) is 1. The van der Waals surface area contributed by atoms with E-state index in [4.69, 9.17) is 26.7 Å². The summed E-state index contributed by atoms with van der Waals surface area (Å²) < 4.78 is 11.7. The molecule has 1 amide bonds. The number of benzene rings is 2. The highest BCUT2D eigenvalue weighted by Gasteiger charge is 2.22. The molecule has 180 valence electrons. The number of ether oxygens (including phenoxy) is 2. The average Bonchev–Trinajstić information content (AvgIpc) is 3.18. The minimum absolute atomic E-state index is 0.164. The number of amides is 1. The van der Waals surface area contributed by atoms with Crippen molar-refractivity contribution >= 4 is 51.2 Å². The van der Waals surface area contributed by atoms with E-state index in [9.17, 15) is 4.79 Å². The van der Waals surface area contributed by atoms with Crippen LogP contribution in [0.5, 0.6) is 5.75 Å². The molecule has 1 aromatic heterocycles. The van der Waals surface area contributed by atoms with Crippen molar-refractivity contribution in [2.24, 2.45) is 0 Å². The molecule has 35 heavy (non-hydrogen) atoms. The van der Waals surface area contributed by atoms with Crippen LogP contribution in [0.15, 0.2) is 47.4 Å². The number of carbonyl (C=O) groups excluding carboxylic acids is 1. The minimum Gasteiger partial charge on any atom is -0.496 e. The maximum Gasteiger partial charge on any atom is 0.263 e. The van der Waals surface area contributed by atoms with Gasteiger partial charge in [0.2, 0.25) is 0 Å². The smallest absolute Gasteiger partial charge is 0.263 e. The van der Waals surface area contributed by atoms with Crippen molar-refractivity contribution in [2.75, 3.05) is 40.0 Å². The van der Waals surface area contributed by atoms with E-state index in [1.54, 1.807) is 7.11 Å². The lowest BCUT2D eigenvalue weighted by Gasteiger charge is -2.27. The summed E-state index contributed by atoms with van der Waals surface area (Å²) in [6, 6.07) is 14.6. The van der Waals surface area contributed by atoms with Crippen molar-refractivity contribution in [3.63, 3.8) is 0 Å². The van der Waals surface area contributed by atoms with Crippen LogP contribution in [-0.4, -0.2) is 60.1 Å². The molecule has 6 nitrogen and oxygen atoms in total. The van der Waals surface area contributed by atoms with Gasteiger partial charge in [-0.05, 0) is 60.4 Å². The Morgan fingerprint density at radius 1 is 1.20 bits per heavy atom. The monoisotopic (exact) mass is 505 g/mol. The Balaban J connectivity index is 1.58. The number of rotatable bonds is 6. The Morgan fingerprint density at radius 2 is 2.03 bits per heavy atom. The predicted octanol–water partition coefficient (Wildman–Crippen LogP) is 4.58. The van der Waals surface area contributed by atoms with Crippen LogP contribution in [0.3, 0.4) is 0 Å². The third-order valence-electron chi connectivity index (χ3n) is 6.27. The van der Waals surface area contributed by atoms with Crippen LogP contribution in [0.1, 0.15) is 16.7 Å². The maximum atomic E-state index is 12.2. The minimum atomic E-state index is -0.164. The first kappa shape index (κ1) is 23.9. The number of thioether (sulfide) groups is 1. The van der Waals surface area contributed by atoms with Crippen molar-refractivity contribution < 1.29 is 14.3 Å². The number of pyridine rings is 1. The molecule has 1 N–H and O–H groups in total. The molecule has 2 aliphatic rings. The van der Waals surface area contributed by atoms with Gasteiger partial charge in [0.25, 0.3) is 5.91 Å². The molecule has 8 heteroatoms. The number of hydrogen-bond acceptors (Lipinski definition) is 7. The maximum absolute atomic E-state index is 12.2. The fourth-order valence-electron chi connectivity index (χ4n) is 4.42. The summed E-state index contributed by atoms with van der Waals surface area (Å²) in [5.74, 6) is 0.584. The second-order valence-electron chi connectivity index (χ2n) is 8.71. The fraction of sp³-hybridized carbons (Fsp3) is 0.296. The molecule has 0 spiro atoms. The number of carbonyl (C=O) groups is 1. The first-order valence-electron chi connectivity index (χ1n) is 11.6. The predicted molar refractivity (Wildman–Crippen MR) is 146 cm³/mol. The largest absolute Gasteiger partial charge is 0.496 e. The molecule has 5 rings (SSSR count). The topological polar surface area (TPSA) is 63.7 Å². The molecule has 2 saturated heterocycles. The van der Waals surface area contributed by atoms with Gasteiger partial charge in [0.15, 0.2) is 0 Å². The number of morpholine rings is 1. The number of aryl methyl sites for hydroxylation is 1. The number of nitrogens with one attached hydrogen (secondary N) is 1. The zero-order chi connectivity index (χ0) is 24.4. The lowest BCUT2D eigenvalue weighted by Crippen LogP contribution is -2.37. The van der Waals surface area contributed by atoms with E-state index >= 15 is 0 Å². The van der Waals surface area contributed by atoms with Gasteiger partial charge in [-0.2, -0.15) is 0 Å². The molecule has 2 aromatic carbocycles. The van der Waals surface area contributed by atoms with Gasteiger partial charge in [0.05, 0.1) is 36.4 Å². The van der Waals surface area contributed by atoms with Gasteiger partial charge in [0, 0.05) is 30.6 Å². The summed E-state index contributed by atoms with van der Waals surface area (Å²) in [6.45, 7) is 6.47. The van der Waals surface area contributed by atoms with Gasteiger partial charge >= 0.3 is 0 Å². The Labute approximate surface area is 214 Å². The highest BCUT2D eigenvalue weighted by atomic mass is 32.2. The summed E-state index contributed by atoms with van der Waals surface area (Å²) >= 11 is 6.41. The summed E-state index contributed by atoms with van der Waals surface area (Å²) in [6.07, 6.45) is 2.73. The average molecular weight is 506 g/mol. The summed E-state index contributed by atoms with van der Waals surface area (Å²) in [7, 11) is 1.67. The highest BCUT2D eigenvalue weighted by Crippen LogP contribution is 2.36. The van der Waals surface area contributed by atoms with E-state index in [0.29, 0.717) is 9.23 Å². The number of fused-ring (bicyclic) bond motifs is 1. The van der Waals surface area contributed by atoms with E-state index in [-0.39, 0.29) is 5.91 Å². The van der Waals surface area contributed by atoms with Crippen LogP contribution in [0.4, 0.5) is 0 Å². The molecule has 3 heterocycles. The lowest BCUT2D eigenvalue weighted by molar-refractivity contribution is -0.115. The SMILES string of the molecule is COc1ccc(/C=C2\SC(=S)NC2=O)cc1-c1nc2cc(C)ccc2cc1CCN1CCOCC1. The molecule has 0 aliphatic carbocycles. The Kier molecular flexibility index (Phi) is 7.15. The normalized spacial score (nSPS) is 17.8. The van der Waals surface area contributed by atoms with Crippen LogP contribution in [-0.2, 0) is 16.0 Å². The summed E-state index contributed by atoms with van der Waals surface area (Å²) in [5, 5.41) is 3.80. The summed E-state index contributed by atoms with van der Waals surface area (Å²) in [4.78, 5) is 20.3. The van der Waals surface area contributed by atoms with Gasteiger partial charge in [0.1, 0.15) is 10.1 Å². The van der Waals surface area contributed by atoms with Crippen LogP contribution in [0.25, 0.3) is 28.2 Å². The fourth-order valence-corrected chi connectivity index (χ4v) is 5.47. The van der Waals surface area contributed by atoms with Gasteiger partial charge in [-0.25, -0.2) is 4.98 Å². The summed E-state index contributed by atoms with van der Waals surface area (Å²) in [5.41, 5.74) is 6.01. The van der Waals surface area contributed by atoms with Crippen LogP contribution >= 0.6 is 24.0 Å². The lowest BCUT2D eigenvalue weighted by atomic mass is 9.97. The Morgan fingerprint density at radius 3 is 2.77 bits per heavy atom. The molecule has 3 aromatic rings. The van der Waals surface area contributed by atoms with Crippen molar-refractivity contribution in [3.05, 3.63) is 64.1 Å². The second-order valence-corrected chi connectivity index (χ2v) is 10.4. The number of methoxy groups -OCH3 is 1. The third-order valence-corrected chi connectivity index (χ3v) is 7.43. The molecule has 0 saturated carbocycles. The highest BCUT2D eigenvalue weighted by molar-refractivity contribution is 8.26. The van der Waals surface area contributed by atoms with Gasteiger partial charge in [-0.3, -0.25) is 9.69 Å². The molecule has 2 fully saturated rings. The van der Waals surface area contributed by atoms with Crippen LogP contribution in [0, 0.1) is 6.92 Å². The first-order chi connectivity index (χ1) is 17.0. The molecule has 0 atom stereocenters. The zero-order valence-corrected chi connectivity index (χ0v) is 21.4. The Bertz CT molecular complexity index is 1330. The number of aromatic nitrogens is 1. The quantitative estimate of drug-likeness (QED) is 0.389. The molecular weight excluding hydrogens is 478 g/mol. The number of thiocarbonyl (C=S) groups is 1. The van der Waals surface area contributed by atoms with E-state index in [2.05, 4.69) is 41.4 Å².